The highest BCUT2D eigenvalue weighted by Crippen LogP contribution is 2.11. The fraction of sp³-hybridized carbons (Fsp3) is 0.846. The van der Waals surface area contributed by atoms with E-state index in [0.717, 1.165) is 37.9 Å². The van der Waals surface area contributed by atoms with Crippen LogP contribution in [-0.2, 0) is 13.6 Å². The van der Waals surface area contributed by atoms with Crippen LogP contribution in [0.3, 0.4) is 0 Å². The number of rotatable bonds is 4. The van der Waals surface area contributed by atoms with E-state index in [1.54, 1.807) is 6.33 Å². The maximum atomic E-state index is 4.32. The Labute approximate surface area is 110 Å². The Kier molecular flexibility index (Phi) is 4.72. The summed E-state index contributed by atoms with van der Waals surface area (Å²) in [5.74, 6) is 1.80. The summed E-state index contributed by atoms with van der Waals surface area (Å²) in [5.41, 5.74) is 0. The van der Waals surface area contributed by atoms with Gasteiger partial charge in [0.2, 0.25) is 0 Å². The number of nitrogens with one attached hydrogen (secondary N) is 1. The smallest absolute Gasteiger partial charge is 0.140 e. The van der Waals surface area contributed by atoms with Crippen LogP contribution < -0.4 is 5.32 Å². The summed E-state index contributed by atoms with van der Waals surface area (Å²) in [4.78, 5) is 6.81. The molecule has 0 amide bonds. The van der Waals surface area contributed by atoms with Crippen LogP contribution in [0.15, 0.2) is 6.33 Å². The van der Waals surface area contributed by atoms with Gasteiger partial charge in [0.25, 0.3) is 0 Å². The SMILES string of the molecule is CC(C)CC1CN(Cc2ncnn2C)CCCN1. The zero-order valence-corrected chi connectivity index (χ0v) is 11.8. The lowest BCUT2D eigenvalue weighted by Crippen LogP contribution is -2.38. The second-order valence-electron chi connectivity index (χ2n) is 5.67. The molecular weight excluding hydrogens is 226 g/mol. The average Bonchev–Trinajstić information content (AvgIpc) is 2.58. The molecule has 0 aliphatic carbocycles. The first-order valence-corrected chi connectivity index (χ1v) is 6.93. The van der Waals surface area contributed by atoms with Crippen molar-refractivity contribution >= 4 is 0 Å². The first-order chi connectivity index (χ1) is 8.65. The molecule has 0 saturated carbocycles. The zero-order valence-electron chi connectivity index (χ0n) is 11.8. The Morgan fingerprint density at radius 1 is 1.50 bits per heavy atom. The predicted octanol–water partition coefficient (Wildman–Crippen LogP) is 1.03. The van der Waals surface area contributed by atoms with Gasteiger partial charge in [-0.3, -0.25) is 9.58 Å². The van der Waals surface area contributed by atoms with Gasteiger partial charge in [0.05, 0.1) is 6.54 Å². The molecule has 0 bridgehead atoms. The first-order valence-electron chi connectivity index (χ1n) is 6.93. The molecule has 1 saturated heterocycles. The second-order valence-corrected chi connectivity index (χ2v) is 5.67. The van der Waals surface area contributed by atoms with Gasteiger partial charge in [-0.05, 0) is 31.8 Å². The van der Waals surface area contributed by atoms with E-state index in [1.807, 2.05) is 11.7 Å². The number of aromatic nitrogens is 3. The monoisotopic (exact) mass is 251 g/mol. The van der Waals surface area contributed by atoms with Crippen molar-refractivity contribution in [1.29, 1.82) is 0 Å². The maximum Gasteiger partial charge on any atom is 0.140 e. The minimum Gasteiger partial charge on any atom is -0.313 e. The number of aryl methyl sites for hydroxylation is 1. The third kappa shape index (κ3) is 3.78. The van der Waals surface area contributed by atoms with Crippen molar-refractivity contribution in [3.63, 3.8) is 0 Å². The molecule has 1 aliphatic heterocycles. The van der Waals surface area contributed by atoms with Gasteiger partial charge in [-0.25, -0.2) is 4.98 Å². The molecule has 1 fully saturated rings. The minimum atomic E-state index is 0.612. The topological polar surface area (TPSA) is 46.0 Å². The molecule has 5 nitrogen and oxygen atoms in total. The number of hydrogen-bond acceptors (Lipinski definition) is 4. The van der Waals surface area contributed by atoms with Crippen LogP contribution in [0.5, 0.6) is 0 Å². The quantitative estimate of drug-likeness (QED) is 0.868. The standard InChI is InChI=1S/C13H25N5/c1-11(2)7-12-8-18(6-4-5-14-12)9-13-15-10-16-17(13)3/h10-12,14H,4-9H2,1-3H3. The van der Waals surface area contributed by atoms with Gasteiger partial charge >= 0.3 is 0 Å². The average molecular weight is 251 g/mol. The lowest BCUT2D eigenvalue weighted by atomic mass is 10.0. The van der Waals surface area contributed by atoms with Gasteiger partial charge in [-0.2, -0.15) is 5.10 Å². The molecular formula is C13H25N5. The van der Waals surface area contributed by atoms with E-state index in [-0.39, 0.29) is 0 Å². The lowest BCUT2D eigenvalue weighted by Gasteiger charge is -2.24. The summed E-state index contributed by atoms with van der Waals surface area (Å²) in [6, 6.07) is 0.612. The molecule has 0 spiro atoms. The summed E-state index contributed by atoms with van der Waals surface area (Å²) in [7, 11) is 1.96. The fourth-order valence-electron chi connectivity index (χ4n) is 2.61. The molecule has 1 N–H and O–H groups in total. The van der Waals surface area contributed by atoms with Gasteiger partial charge in [-0.1, -0.05) is 13.8 Å². The highest BCUT2D eigenvalue weighted by Gasteiger charge is 2.19. The van der Waals surface area contributed by atoms with Crippen molar-refractivity contribution in [3.8, 4) is 0 Å². The van der Waals surface area contributed by atoms with Crippen LogP contribution in [0.4, 0.5) is 0 Å². The molecule has 5 heteroatoms. The third-order valence-corrected chi connectivity index (χ3v) is 3.49. The maximum absolute atomic E-state index is 4.32. The molecule has 2 heterocycles. The molecule has 1 aromatic heterocycles. The molecule has 1 aliphatic rings. The molecule has 1 atom stereocenters. The fourth-order valence-corrected chi connectivity index (χ4v) is 2.61. The Morgan fingerprint density at radius 3 is 3.00 bits per heavy atom. The summed E-state index contributed by atoms with van der Waals surface area (Å²) in [5, 5.41) is 7.79. The molecule has 102 valence electrons. The highest BCUT2D eigenvalue weighted by atomic mass is 15.3. The van der Waals surface area contributed by atoms with E-state index < -0.39 is 0 Å². The Hall–Kier alpha value is -0.940. The lowest BCUT2D eigenvalue weighted by molar-refractivity contribution is 0.239. The highest BCUT2D eigenvalue weighted by molar-refractivity contribution is 4.86. The molecule has 1 unspecified atom stereocenters. The Balaban J connectivity index is 1.92. The molecule has 0 aromatic carbocycles. The molecule has 18 heavy (non-hydrogen) atoms. The van der Waals surface area contributed by atoms with Gasteiger partial charge in [0.15, 0.2) is 0 Å². The van der Waals surface area contributed by atoms with Crippen LogP contribution in [0.2, 0.25) is 0 Å². The van der Waals surface area contributed by atoms with Gasteiger partial charge in [-0.15, -0.1) is 0 Å². The van der Waals surface area contributed by atoms with Crippen molar-refractivity contribution in [3.05, 3.63) is 12.2 Å². The van der Waals surface area contributed by atoms with E-state index >= 15 is 0 Å². The van der Waals surface area contributed by atoms with Crippen LogP contribution in [0.25, 0.3) is 0 Å². The van der Waals surface area contributed by atoms with Crippen molar-refractivity contribution in [1.82, 2.24) is 25.0 Å². The van der Waals surface area contributed by atoms with Crippen molar-refractivity contribution in [2.75, 3.05) is 19.6 Å². The molecule has 0 radical (unpaired) electrons. The number of hydrogen-bond donors (Lipinski definition) is 1. The Bertz CT molecular complexity index is 360. The van der Waals surface area contributed by atoms with E-state index in [1.165, 1.54) is 12.8 Å². The summed E-state index contributed by atoms with van der Waals surface area (Å²) < 4.78 is 1.87. The second kappa shape index (κ2) is 6.29. The minimum absolute atomic E-state index is 0.612. The van der Waals surface area contributed by atoms with Gasteiger partial charge < -0.3 is 5.32 Å². The van der Waals surface area contributed by atoms with Crippen molar-refractivity contribution in [2.24, 2.45) is 13.0 Å². The Morgan fingerprint density at radius 2 is 2.33 bits per heavy atom. The van der Waals surface area contributed by atoms with Crippen molar-refractivity contribution < 1.29 is 0 Å². The molecule has 2 rings (SSSR count). The van der Waals surface area contributed by atoms with E-state index in [4.69, 9.17) is 0 Å². The van der Waals surface area contributed by atoms with Crippen LogP contribution in [0.1, 0.15) is 32.5 Å². The predicted molar refractivity (Wildman–Crippen MR) is 72.1 cm³/mol. The van der Waals surface area contributed by atoms with Gasteiger partial charge in [0.1, 0.15) is 12.2 Å². The van der Waals surface area contributed by atoms with Crippen LogP contribution >= 0.6 is 0 Å². The summed E-state index contributed by atoms with van der Waals surface area (Å²) >= 11 is 0. The van der Waals surface area contributed by atoms with E-state index in [2.05, 4.69) is 34.1 Å². The van der Waals surface area contributed by atoms with Gasteiger partial charge in [0, 0.05) is 19.6 Å². The van der Waals surface area contributed by atoms with Crippen molar-refractivity contribution in [2.45, 2.75) is 39.3 Å². The molecule has 1 aromatic rings. The largest absolute Gasteiger partial charge is 0.313 e. The third-order valence-electron chi connectivity index (χ3n) is 3.49. The number of nitrogens with zero attached hydrogens (tertiary/aromatic N) is 4. The summed E-state index contributed by atoms with van der Waals surface area (Å²) in [6.45, 7) is 8.89. The first kappa shape index (κ1) is 13.5. The van der Waals surface area contributed by atoms with E-state index in [9.17, 15) is 0 Å². The van der Waals surface area contributed by atoms with E-state index in [0.29, 0.717) is 6.04 Å². The van der Waals surface area contributed by atoms with Crippen LogP contribution in [-0.4, -0.2) is 45.3 Å². The van der Waals surface area contributed by atoms with Crippen LogP contribution in [0, 0.1) is 5.92 Å². The normalized spacial score (nSPS) is 22.3. The zero-order chi connectivity index (χ0) is 13.0. The summed E-state index contributed by atoms with van der Waals surface area (Å²) in [6.07, 6.45) is 4.10.